The Morgan fingerprint density at radius 2 is 1.23 bits per heavy atom. The van der Waals surface area contributed by atoms with E-state index in [1.165, 1.54) is 0 Å². The van der Waals surface area contributed by atoms with Gasteiger partial charge in [0.1, 0.15) is 9.84 Å². The van der Waals surface area contributed by atoms with Gasteiger partial charge in [-0.15, -0.1) is 0 Å². The number of carbonyl (C=O) groups is 1. The van der Waals surface area contributed by atoms with Crippen LogP contribution in [0.2, 0.25) is 0 Å². The van der Waals surface area contributed by atoms with E-state index in [1.54, 1.807) is 14.1 Å². The molecule has 13 heteroatoms. The molecule has 0 saturated heterocycles. The van der Waals surface area contributed by atoms with E-state index in [2.05, 4.69) is 0 Å². The van der Waals surface area contributed by atoms with E-state index in [0.29, 0.717) is 19.4 Å². The maximum absolute atomic E-state index is 13.5. The van der Waals surface area contributed by atoms with Crippen molar-refractivity contribution in [1.29, 1.82) is 0 Å². The van der Waals surface area contributed by atoms with Gasteiger partial charge in [0.2, 0.25) is 0 Å². The van der Waals surface area contributed by atoms with Gasteiger partial charge >= 0.3 is 18.3 Å². The van der Waals surface area contributed by atoms with Gasteiger partial charge < -0.3 is 9.59 Å². The molecule has 30 heavy (non-hydrogen) atoms. The first kappa shape index (κ1) is 28.9. The highest BCUT2D eigenvalue weighted by molar-refractivity contribution is 7.91. The normalized spacial score (nSPS) is 14.2. The van der Waals surface area contributed by atoms with Gasteiger partial charge in [-0.2, -0.15) is 26.3 Å². The number of carboxylic acids is 1. The first-order valence-corrected chi connectivity index (χ1v) is 11.2. The molecule has 0 radical (unpaired) electrons. The van der Waals surface area contributed by atoms with E-state index >= 15 is 0 Å². The van der Waals surface area contributed by atoms with E-state index in [0.717, 1.165) is 0 Å². The van der Waals surface area contributed by atoms with Crippen LogP contribution in [0.3, 0.4) is 0 Å². The Kier molecular flexibility index (Phi) is 10.6. The van der Waals surface area contributed by atoms with Gasteiger partial charge in [-0.1, -0.05) is 12.8 Å². The average Bonchev–Trinajstić information content (AvgIpc) is 2.51. The van der Waals surface area contributed by atoms with E-state index in [4.69, 9.17) is 5.11 Å². The standard InChI is InChI=1S/C17H28F7NO4S/c1-25(2,13-14(26)27)10-6-8-12-30(28,29)11-7-4-3-5-9-15(18,16(19,20)21)17(22,23)24/h3-13H2,1-2H3/p+1. The molecule has 1 N–H and O–H groups in total. The largest absolute Gasteiger partial charge is 0.477 e. The molecule has 5 nitrogen and oxygen atoms in total. The van der Waals surface area contributed by atoms with Crippen LogP contribution < -0.4 is 0 Å². The summed E-state index contributed by atoms with van der Waals surface area (Å²) in [5, 5.41) is 8.77. The maximum atomic E-state index is 13.5. The van der Waals surface area contributed by atoms with Crippen LogP contribution in [-0.2, 0) is 14.6 Å². The molecule has 0 aromatic heterocycles. The third-order valence-electron chi connectivity index (χ3n) is 4.66. The van der Waals surface area contributed by atoms with Crippen LogP contribution in [0.15, 0.2) is 0 Å². The minimum absolute atomic E-state index is 0.0558. The molecule has 0 saturated carbocycles. The van der Waals surface area contributed by atoms with Gasteiger partial charge in [0.15, 0.2) is 6.54 Å². The zero-order valence-electron chi connectivity index (χ0n) is 17.0. The van der Waals surface area contributed by atoms with Crippen molar-refractivity contribution in [2.45, 2.75) is 63.0 Å². The number of unbranched alkanes of at least 4 members (excludes halogenated alkanes) is 4. The predicted octanol–water partition coefficient (Wildman–Crippen LogP) is 4.13. The molecule has 0 spiro atoms. The average molecular weight is 476 g/mol. The number of sulfone groups is 1. The molecule has 0 aromatic carbocycles. The molecule has 180 valence electrons. The number of alkyl halides is 7. The Labute approximate surface area is 171 Å². The summed E-state index contributed by atoms with van der Waals surface area (Å²) in [7, 11) is -0.0404. The first-order valence-electron chi connectivity index (χ1n) is 9.40. The minimum atomic E-state index is -6.06. The Morgan fingerprint density at radius 1 is 0.800 bits per heavy atom. The summed E-state index contributed by atoms with van der Waals surface area (Å²) in [5.74, 6) is -1.38. The molecule has 0 aliphatic carbocycles. The summed E-state index contributed by atoms with van der Waals surface area (Å²) in [5.41, 5.74) is -5.26. The van der Waals surface area contributed by atoms with E-state index in [9.17, 15) is 43.9 Å². The fourth-order valence-electron chi connectivity index (χ4n) is 2.90. The van der Waals surface area contributed by atoms with Crippen molar-refractivity contribution in [2.24, 2.45) is 0 Å². The van der Waals surface area contributed by atoms with Gasteiger partial charge in [0.05, 0.1) is 32.1 Å². The Bertz CT molecular complexity index is 631. The molecule has 0 rings (SSSR count). The second-order valence-corrected chi connectivity index (χ2v) is 10.3. The van der Waals surface area contributed by atoms with Crippen molar-refractivity contribution in [1.82, 2.24) is 0 Å². The van der Waals surface area contributed by atoms with Crippen molar-refractivity contribution in [3.8, 4) is 0 Å². The van der Waals surface area contributed by atoms with Crippen LogP contribution in [0, 0.1) is 0 Å². The molecule has 0 amide bonds. The van der Waals surface area contributed by atoms with Crippen LogP contribution in [0.4, 0.5) is 30.7 Å². The van der Waals surface area contributed by atoms with Crippen LogP contribution >= 0.6 is 0 Å². The number of nitrogens with zero attached hydrogens (tertiary/aromatic N) is 1. The highest BCUT2D eigenvalue weighted by atomic mass is 32.2. The number of hydrogen-bond acceptors (Lipinski definition) is 3. The second kappa shape index (κ2) is 11.0. The maximum Gasteiger partial charge on any atom is 0.431 e. The van der Waals surface area contributed by atoms with Crippen molar-refractivity contribution < 1.29 is 53.5 Å². The van der Waals surface area contributed by atoms with Gasteiger partial charge in [-0.25, -0.2) is 17.6 Å². The van der Waals surface area contributed by atoms with Gasteiger partial charge in [-0.3, -0.25) is 0 Å². The predicted molar refractivity (Wildman–Crippen MR) is 96.4 cm³/mol. The van der Waals surface area contributed by atoms with Crippen LogP contribution in [-0.4, -0.2) is 80.7 Å². The zero-order chi connectivity index (χ0) is 23.9. The lowest BCUT2D eigenvalue weighted by molar-refractivity contribution is -0.883. The summed E-state index contributed by atoms with van der Waals surface area (Å²) in [6.07, 6.45) is -13.8. The number of aliphatic carboxylic acids is 1. The Morgan fingerprint density at radius 3 is 1.67 bits per heavy atom. The molecule has 0 unspecified atom stereocenters. The van der Waals surface area contributed by atoms with E-state index in [-0.39, 0.29) is 41.8 Å². The summed E-state index contributed by atoms with van der Waals surface area (Å²) >= 11 is 0. The SMILES string of the molecule is C[N+](C)(CCCCS(=O)(=O)CCCCCCC(F)(C(F)(F)F)C(F)(F)F)CC(=O)O. The Hall–Kier alpha value is -1.11. The number of likely N-dealkylation sites (N-methyl/N-ethyl adjacent to an activating group) is 1. The summed E-state index contributed by atoms with van der Waals surface area (Å²) < 4.78 is 112. The summed E-state index contributed by atoms with van der Waals surface area (Å²) in [4.78, 5) is 10.7. The number of rotatable bonds is 14. The lowest BCUT2D eigenvalue weighted by Crippen LogP contribution is -2.53. The lowest BCUT2D eigenvalue weighted by atomic mass is 9.96. The molecular formula is C17H29F7NO4S+. The number of quaternary nitrogens is 1. The van der Waals surface area contributed by atoms with Gasteiger partial charge in [-0.05, 0) is 32.1 Å². The van der Waals surface area contributed by atoms with Crippen LogP contribution in [0.5, 0.6) is 0 Å². The zero-order valence-corrected chi connectivity index (χ0v) is 17.8. The number of hydrogen-bond donors (Lipinski definition) is 1. The lowest BCUT2D eigenvalue weighted by Gasteiger charge is -2.29. The topological polar surface area (TPSA) is 71.4 Å². The van der Waals surface area contributed by atoms with Crippen molar-refractivity contribution in [3.05, 3.63) is 0 Å². The number of halogens is 7. The first-order chi connectivity index (χ1) is 13.3. The third kappa shape index (κ3) is 10.3. The van der Waals surface area contributed by atoms with Crippen molar-refractivity contribution in [2.75, 3.05) is 38.7 Å². The summed E-state index contributed by atoms with van der Waals surface area (Å²) in [6, 6.07) is 0. The summed E-state index contributed by atoms with van der Waals surface area (Å²) in [6.45, 7) is 0.362. The monoisotopic (exact) mass is 476 g/mol. The van der Waals surface area contributed by atoms with Crippen molar-refractivity contribution in [3.63, 3.8) is 0 Å². The quantitative estimate of drug-likeness (QED) is 0.233. The molecule has 0 atom stereocenters. The van der Waals surface area contributed by atoms with Gasteiger partial charge in [0.25, 0.3) is 5.67 Å². The van der Waals surface area contributed by atoms with E-state index < -0.39 is 46.7 Å². The van der Waals surface area contributed by atoms with E-state index in [1.807, 2.05) is 0 Å². The second-order valence-electron chi connectivity index (χ2n) is 8.03. The Balaban J connectivity index is 4.22. The molecule has 0 bridgehead atoms. The molecule has 0 aliphatic heterocycles. The smallest absolute Gasteiger partial charge is 0.431 e. The highest BCUT2D eigenvalue weighted by Gasteiger charge is 2.71. The highest BCUT2D eigenvalue weighted by Crippen LogP contribution is 2.49. The molecule has 0 aromatic rings. The fraction of sp³-hybridized carbons (Fsp3) is 0.941. The van der Waals surface area contributed by atoms with Gasteiger partial charge in [0, 0.05) is 0 Å². The molecular weight excluding hydrogens is 447 g/mol. The fourth-order valence-corrected chi connectivity index (χ4v) is 4.39. The van der Waals surface area contributed by atoms with Crippen molar-refractivity contribution >= 4 is 15.8 Å². The van der Waals surface area contributed by atoms with Crippen LogP contribution in [0.25, 0.3) is 0 Å². The third-order valence-corrected chi connectivity index (χ3v) is 6.48. The number of carboxylic acid groups (broad SMARTS) is 1. The van der Waals surface area contributed by atoms with Crippen LogP contribution in [0.1, 0.15) is 44.9 Å². The minimum Gasteiger partial charge on any atom is -0.477 e. The molecule has 0 aliphatic rings. The molecule has 0 fully saturated rings. The molecule has 0 heterocycles.